The van der Waals surface area contributed by atoms with Gasteiger partial charge in [-0.1, -0.05) is 0 Å². The number of nitrogens with zero attached hydrogens (tertiary/aromatic N) is 3. The fraction of sp³-hybridized carbons (Fsp3) is 0.333. The number of nitrogens with two attached hydrogens (primary N) is 1. The van der Waals surface area contributed by atoms with Crippen LogP contribution in [-0.4, -0.2) is 26.9 Å². The Morgan fingerprint density at radius 3 is 3.00 bits per heavy atom. The second kappa shape index (κ2) is 3.48. The molecule has 1 amide bonds. The lowest BCUT2D eigenvalue weighted by Gasteiger charge is -2.26. The molecule has 17 heavy (non-hydrogen) atoms. The molecule has 1 aliphatic rings. The van der Waals surface area contributed by atoms with Crippen molar-refractivity contribution in [2.75, 3.05) is 12.3 Å². The zero-order chi connectivity index (χ0) is 12.0. The third kappa shape index (κ3) is 1.46. The van der Waals surface area contributed by atoms with E-state index in [2.05, 4.69) is 4.98 Å². The Bertz CT molecular complexity index is 602. The number of nitrogen functional groups attached to an aromatic ring is 1. The Kier molecular flexibility index (Phi) is 2.07. The van der Waals surface area contributed by atoms with Crippen molar-refractivity contribution in [3.05, 3.63) is 24.0 Å². The van der Waals surface area contributed by atoms with Gasteiger partial charge in [0, 0.05) is 12.2 Å². The fourth-order valence-electron chi connectivity index (χ4n) is 2.28. The molecule has 0 saturated heterocycles. The molecule has 1 aromatic heterocycles. The predicted molar refractivity (Wildman–Crippen MR) is 65.2 cm³/mol. The van der Waals surface area contributed by atoms with E-state index in [1.807, 2.05) is 34.6 Å². The summed E-state index contributed by atoms with van der Waals surface area (Å²) in [7, 11) is 0. The molecule has 0 spiro atoms. The smallest absolute Gasteiger partial charge is 0.242 e. The van der Waals surface area contributed by atoms with E-state index in [0.29, 0.717) is 18.8 Å². The maximum atomic E-state index is 11.8. The molecule has 88 valence electrons. The number of hydrogen-bond donors (Lipinski definition) is 1. The lowest BCUT2D eigenvalue weighted by molar-refractivity contribution is -0.133. The average molecular weight is 230 g/mol. The number of imidazole rings is 1. The van der Waals surface area contributed by atoms with Crippen LogP contribution in [0.25, 0.3) is 11.0 Å². The Balaban J connectivity index is 2.16. The van der Waals surface area contributed by atoms with Crippen LogP contribution in [0.15, 0.2) is 18.2 Å². The summed E-state index contributed by atoms with van der Waals surface area (Å²) < 4.78 is 1.98. The molecule has 0 fully saturated rings. The van der Waals surface area contributed by atoms with E-state index in [9.17, 15) is 4.79 Å². The van der Waals surface area contributed by atoms with E-state index in [4.69, 9.17) is 5.73 Å². The first-order valence-electron chi connectivity index (χ1n) is 5.71. The highest BCUT2D eigenvalue weighted by Gasteiger charge is 2.24. The molecular formula is C12H14N4O. The van der Waals surface area contributed by atoms with Gasteiger partial charge >= 0.3 is 0 Å². The number of hydrogen-bond acceptors (Lipinski definition) is 3. The molecule has 0 radical (unpaired) electrons. The maximum Gasteiger partial charge on any atom is 0.242 e. The van der Waals surface area contributed by atoms with Crippen molar-refractivity contribution >= 4 is 22.6 Å². The molecule has 1 aliphatic heterocycles. The predicted octanol–water partition coefficient (Wildman–Crippen LogP) is 0.981. The molecule has 2 heterocycles. The van der Waals surface area contributed by atoms with Crippen LogP contribution in [0.2, 0.25) is 0 Å². The van der Waals surface area contributed by atoms with Crippen molar-refractivity contribution in [1.82, 2.24) is 14.5 Å². The SMILES string of the molecule is CCN1Cc2nc3cc(N)ccc3n2CC1=O. The van der Waals surface area contributed by atoms with Gasteiger partial charge in [-0.2, -0.15) is 0 Å². The number of fused-ring (bicyclic) bond motifs is 3. The fourth-order valence-corrected chi connectivity index (χ4v) is 2.28. The van der Waals surface area contributed by atoms with Crippen LogP contribution in [0.3, 0.4) is 0 Å². The zero-order valence-corrected chi connectivity index (χ0v) is 9.68. The summed E-state index contributed by atoms with van der Waals surface area (Å²) in [5.41, 5.74) is 8.29. The van der Waals surface area contributed by atoms with E-state index in [-0.39, 0.29) is 5.91 Å². The van der Waals surface area contributed by atoms with Gasteiger partial charge < -0.3 is 15.2 Å². The summed E-state index contributed by atoms with van der Waals surface area (Å²) in [4.78, 5) is 18.2. The lowest BCUT2D eigenvalue weighted by atomic mass is 10.2. The van der Waals surface area contributed by atoms with Crippen LogP contribution in [-0.2, 0) is 17.9 Å². The first-order chi connectivity index (χ1) is 8.19. The van der Waals surface area contributed by atoms with E-state index in [1.165, 1.54) is 0 Å². The molecule has 0 atom stereocenters. The molecule has 5 heteroatoms. The standard InChI is InChI=1S/C12H14N4O/c1-2-15-6-11-14-9-5-8(13)3-4-10(9)16(11)7-12(15)17/h3-5H,2,6-7,13H2,1H3. The molecule has 5 nitrogen and oxygen atoms in total. The van der Waals surface area contributed by atoms with E-state index >= 15 is 0 Å². The van der Waals surface area contributed by atoms with Crippen molar-refractivity contribution in [1.29, 1.82) is 0 Å². The Morgan fingerprint density at radius 2 is 2.24 bits per heavy atom. The van der Waals surface area contributed by atoms with Crippen LogP contribution >= 0.6 is 0 Å². The highest BCUT2D eigenvalue weighted by molar-refractivity contribution is 5.84. The third-order valence-electron chi connectivity index (χ3n) is 3.21. The summed E-state index contributed by atoms with van der Waals surface area (Å²) >= 11 is 0. The number of rotatable bonds is 1. The first-order valence-corrected chi connectivity index (χ1v) is 5.71. The van der Waals surface area contributed by atoms with Gasteiger partial charge in [-0.3, -0.25) is 4.79 Å². The Morgan fingerprint density at radius 1 is 1.41 bits per heavy atom. The lowest BCUT2D eigenvalue weighted by Crippen LogP contribution is -2.38. The third-order valence-corrected chi connectivity index (χ3v) is 3.21. The molecule has 0 saturated carbocycles. The van der Waals surface area contributed by atoms with Gasteiger partial charge in [0.1, 0.15) is 12.4 Å². The zero-order valence-electron chi connectivity index (χ0n) is 9.68. The molecule has 0 unspecified atom stereocenters. The van der Waals surface area contributed by atoms with Gasteiger partial charge in [0.15, 0.2) is 0 Å². The minimum Gasteiger partial charge on any atom is -0.399 e. The number of anilines is 1. The Hall–Kier alpha value is -2.04. The second-order valence-electron chi connectivity index (χ2n) is 4.27. The number of carbonyl (C=O) groups is 1. The molecule has 2 N–H and O–H groups in total. The molecule has 0 aliphatic carbocycles. The summed E-state index contributed by atoms with van der Waals surface area (Å²) in [6, 6.07) is 5.62. The topological polar surface area (TPSA) is 64.2 Å². The summed E-state index contributed by atoms with van der Waals surface area (Å²) in [6.07, 6.45) is 0. The van der Waals surface area contributed by atoms with Crippen LogP contribution in [0, 0.1) is 0 Å². The molecule has 1 aromatic carbocycles. The number of benzene rings is 1. The number of aromatic nitrogens is 2. The minimum absolute atomic E-state index is 0.149. The van der Waals surface area contributed by atoms with Gasteiger partial charge in [0.25, 0.3) is 0 Å². The van der Waals surface area contributed by atoms with Gasteiger partial charge in [-0.25, -0.2) is 4.98 Å². The van der Waals surface area contributed by atoms with Crippen LogP contribution in [0.1, 0.15) is 12.7 Å². The highest BCUT2D eigenvalue weighted by Crippen LogP contribution is 2.22. The van der Waals surface area contributed by atoms with Crippen LogP contribution < -0.4 is 5.73 Å². The molecule has 0 bridgehead atoms. The normalized spacial score (nSPS) is 15.4. The molecule has 3 rings (SSSR count). The highest BCUT2D eigenvalue weighted by atomic mass is 16.2. The van der Waals surface area contributed by atoms with Gasteiger partial charge in [0.2, 0.25) is 5.91 Å². The summed E-state index contributed by atoms with van der Waals surface area (Å²) in [5, 5.41) is 0. The van der Waals surface area contributed by atoms with Crippen molar-refractivity contribution < 1.29 is 4.79 Å². The van der Waals surface area contributed by atoms with E-state index in [1.54, 1.807) is 0 Å². The molecule has 2 aromatic rings. The van der Waals surface area contributed by atoms with E-state index in [0.717, 1.165) is 23.4 Å². The summed E-state index contributed by atoms with van der Waals surface area (Å²) in [5.74, 6) is 1.09. The van der Waals surface area contributed by atoms with Crippen LogP contribution in [0.5, 0.6) is 0 Å². The van der Waals surface area contributed by atoms with Crippen molar-refractivity contribution in [3.63, 3.8) is 0 Å². The monoisotopic (exact) mass is 230 g/mol. The molecular weight excluding hydrogens is 216 g/mol. The average Bonchev–Trinajstić information content (AvgIpc) is 2.64. The van der Waals surface area contributed by atoms with Crippen molar-refractivity contribution in [2.24, 2.45) is 0 Å². The quantitative estimate of drug-likeness (QED) is 0.743. The number of carbonyl (C=O) groups excluding carboxylic acids is 1. The van der Waals surface area contributed by atoms with Gasteiger partial charge in [-0.15, -0.1) is 0 Å². The maximum absolute atomic E-state index is 11.8. The largest absolute Gasteiger partial charge is 0.399 e. The second-order valence-corrected chi connectivity index (χ2v) is 4.27. The van der Waals surface area contributed by atoms with Gasteiger partial charge in [-0.05, 0) is 25.1 Å². The van der Waals surface area contributed by atoms with E-state index < -0.39 is 0 Å². The number of amides is 1. The summed E-state index contributed by atoms with van der Waals surface area (Å²) in [6.45, 7) is 3.67. The Labute approximate surface area is 98.8 Å². The number of likely N-dealkylation sites (N-methyl/N-ethyl adjacent to an activating group) is 1. The van der Waals surface area contributed by atoms with Crippen molar-refractivity contribution in [3.8, 4) is 0 Å². The van der Waals surface area contributed by atoms with Crippen molar-refractivity contribution in [2.45, 2.75) is 20.0 Å². The van der Waals surface area contributed by atoms with Gasteiger partial charge in [0.05, 0.1) is 17.6 Å². The van der Waals surface area contributed by atoms with Crippen LogP contribution in [0.4, 0.5) is 5.69 Å². The minimum atomic E-state index is 0.149. The first kappa shape index (κ1) is 10.1.